The van der Waals surface area contributed by atoms with Crippen LogP contribution >= 0.6 is 22.3 Å². The van der Waals surface area contributed by atoms with Crippen LogP contribution in [0.3, 0.4) is 0 Å². The minimum atomic E-state index is -3.99. The van der Waals surface area contributed by atoms with Gasteiger partial charge in [0.05, 0.1) is 12.1 Å². The van der Waals surface area contributed by atoms with Crippen LogP contribution in [0.1, 0.15) is 34.9 Å². The van der Waals surface area contributed by atoms with E-state index in [1.54, 1.807) is 0 Å². The second-order valence-corrected chi connectivity index (χ2v) is 6.64. The van der Waals surface area contributed by atoms with Crippen molar-refractivity contribution in [1.82, 2.24) is 4.98 Å². The number of ether oxygens (including phenoxy) is 1. The van der Waals surface area contributed by atoms with E-state index in [1.165, 1.54) is 7.11 Å². The number of rotatable bonds is 3. The molecule has 5 nitrogen and oxygen atoms in total. The lowest BCUT2D eigenvalue weighted by Gasteiger charge is -1.97. The van der Waals surface area contributed by atoms with E-state index in [-0.39, 0.29) is 21.5 Å². The van der Waals surface area contributed by atoms with Crippen molar-refractivity contribution in [3.8, 4) is 0 Å². The van der Waals surface area contributed by atoms with E-state index in [1.807, 2.05) is 0 Å². The summed E-state index contributed by atoms with van der Waals surface area (Å²) in [5, 5.41) is -0.200. The molecule has 1 aliphatic rings. The lowest BCUT2D eigenvalue weighted by Crippen LogP contribution is -2.02. The van der Waals surface area contributed by atoms with Crippen molar-refractivity contribution in [3.05, 3.63) is 16.4 Å². The van der Waals surface area contributed by atoms with Crippen molar-refractivity contribution < 1.29 is 17.9 Å². The third kappa shape index (κ3) is 2.29. The Morgan fingerprint density at radius 2 is 2.06 bits per heavy atom. The minimum absolute atomic E-state index is 0.0643. The molecular formula is C9H9Cl2NO4S. The van der Waals surface area contributed by atoms with E-state index in [2.05, 4.69) is 9.72 Å². The van der Waals surface area contributed by atoms with Gasteiger partial charge in [-0.3, -0.25) is 0 Å². The molecule has 0 spiro atoms. The van der Waals surface area contributed by atoms with Crippen LogP contribution in [-0.4, -0.2) is 26.5 Å². The lowest BCUT2D eigenvalue weighted by atomic mass is 10.3. The molecule has 1 aromatic rings. The Hall–Kier alpha value is -0.720. The van der Waals surface area contributed by atoms with Gasteiger partial charge in [-0.15, -0.1) is 0 Å². The van der Waals surface area contributed by atoms with Crippen molar-refractivity contribution in [1.29, 1.82) is 0 Å². The molecule has 1 fully saturated rings. The summed E-state index contributed by atoms with van der Waals surface area (Å²) in [5.41, 5.74) is 0.320. The van der Waals surface area contributed by atoms with Crippen LogP contribution in [0.2, 0.25) is 5.02 Å². The number of H-pyrrole nitrogens is 1. The molecule has 1 heterocycles. The highest BCUT2D eigenvalue weighted by Crippen LogP contribution is 2.46. The van der Waals surface area contributed by atoms with Crippen molar-refractivity contribution in [2.45, 2.75) is 23.7 Å². The lowest BCUT2D eigenvalue weighted by molar-refractivity contribution is 0.0595. The van der Waals surface area contributed by atoms with Crippen molar-refractivity contribution >= 4 is 37.3 Å². The molecular weight excluding hydrogens is 289 g/mol. The Labute approximate surface area is 107 Å². The van der Waals surface area contributed by atoms with Crippen LogP contribution in [0.4, 0.5) is 0 Å². The van der Waals surface area contributed by atoms with Crippen molar-refractivity contribution in [2.75, 3.05) is 7.11 Å². The molecule has 0 unspecified atom stereocenters. The Bertz CT molecular complexity index is 574. The maximum Gasteiger partial charge on any atom is 0.356 e. The molecule has 0 atom stereocenters. The molecule has 1 aromatic heterocycles. The Morgan fingerprint density at radius 1 is 1.47 bits per heavy atom. The molecule has 2 rings (SSSR count). The molecule has 94 valence electrons. The normalized spacial score (nSPS) is 15.9. The number of hydrogen-bond acceptors (Lipinski definition) is 4. The average Bonchev–Trinajstić information content (AvgIpc) is 3.00. The largest absolute Gasteiger partial charge is 0.464 e. The number of carbonyl (C=O) groups is 1. The topological polar surface area (TPSA) is 76.2 Å². The quantitative estimate of drug-likeness (QED) is 0.686. The highest BCUT2D eigenvalue weighted by atomic mass is 35.7. The number of aromatic nitrogens is 1. The first-order valence-corrected chi connectivity index (χ1v) is 7.49. The number of methoxy groups -OCH3 is 1. The second-order valence-electron chi connectivity index (χ2n) is 3.76. The zero-order valence-corrected chi connectivity index (χ0v) is 11.1. The van der Waals surface area contributed by atoms with Gasteiger partial charge in [0.1, 0.15) is 10.6 Å². The predicted molar refractivity (Wildman–Crippen MR) is 62.2 cm³/mol. The molecule has 0 amide bonds. The maximum absolute atomic E-state index is 11.4. The fraction of sp³-hybridized carbons (Fsp3) is 0.444. The summed E-state index contributed by atoms with van der Waals surface area (Å²) in [6, 6.07) is 0. The molecule has 17 heavy (non-hydrogen) atoms. The van der Waals surface area contributed by atoms with E-state index in [0.29, 0.717) is 5.69 Å². The van der Waals surface area contributed by atoms with Crippen molar-refractivity contribution in [3.63, 3.8) is 0 Å². The predicted octanol–water partition coefficient (Wildman–Crippen LogP) is 2.26. The highest BCUT2D eigenvalue weighted by Gasteiger charge is 2.36. The van der Waals surface area contributed by atoms with Crippen LogP contribution in [0.15, 0.2) is 4.90 Å². The van der Waals surface area contributed by atoms with Crippen LogP contribution in [-0.2, 0) is 13.8 Å². The fourth-order valence-electron chi connectivity index (χ4n) is 1.62. The summed E-state index contributed by atoms with van der Waals surface area (Å²) in [4.78, 5) is 13.9. The van der Waals surface area contributed by atoms with Gasteiger partial charge in [-0.05, 0) is 12.8 Å². The van der Waals surface area contributed by atoms with Crippen LogP contribution in [0.5, 0.6) is 0 Å². The molecule has 8 heteroatoms. The third-order valence-corrected chi connectivity index (χ3v) is 4.41. The minimum Gasteiger partial charge on any atom is -0.464 e. The maximum atomic E-state index is 11.4. The molecule has 0 radical (unpaired) electrons. The summed E-state index contributed by atoms with van der Waals surface area (Å²) in [5.74, 6) is -0.655. The number of hydrogen-bond donors (Lipinski definition) is 1. The first kappa shape index (κ1) is 12.7. The zero-order valence-electron chi connectivity index (χ0n) is 8.79. The smallest absolute Gasteiger partial charge is 0.356 e. The molecule has 0 aromatic carbocycles. The molecule has 1 aliphatic carbocycles. The van der Waals surface area contributed by atoms with Crippen molar-refractivity contribution in [2.24, 2.45) is 0 Å². The standard InChI is InChI=1S/C9H9Cl2NO4S/c1-16-9(13)7-5(10)8(17(11,14)15)6(12-7)4-2-3-4/h4,12H,2-3H2,1H3. The van der Waals surface area contributed by atoms with Gasteiger partial charge >= 0.3 is 5.97 Å². The van der Waals surface area contributed by atoms with Crippen LogP contribution in [0, 0.1) is 0 Å². The number of carbonyl (C=O) groups excluding carboxylic acids is 1. The first-order chi connectivity index (χ1) is 7.86. The van der Waals surface area contributed by atoms with Crippen LogP contribution in [0.25, 0.3) is 0 Å². The number of esters is 1. The Kier molecular flexibility index (Phi) is 3.14. The van der Waals surface area contributed by atoms with Gasteiger partial charge < -0.3 is 9.72 Å². The third-order valence-electron chi connectivity index (χ3n) is 2.54. The van der Waals surface area contributed by atoms with Crippen LogP contribution < -0.4 is 0 Å². The number of halogens is 2. The van der Waals surface area contributed by atoms with Gasteiger partial charge in [-0.25, -0.2) is 13.2 Å². The van der Waals surface area contributed by atoms with E-state index >= 15 is 0 Å². The average molecular weight is 298 g/mol. The van der Waals surface area contributed by atoms with Gasteiger partial charge in [-0.2, -0.15) is 0 Å². The molecule has 0 bridgehead atoms. The van der Waals surface area contributed by atoms with Gasteiger partial charge in [0.2, 0.25) is 0 Å². The van der Waals surface area contributed by atoms with E-state index in [9.17, 15) is 13.2 Å². The van der Waals surface area contributed by atoms with E-state index in [0.717, 1.165) is 12.8 Å². The molecule has 1 saturated carbocycles. The van der Waals surface area contributed by atoms with Gasteiger partial charge in [0.25, 0.3) is 9.05 Å². The van der Waals surface area contributed by atoms with Gasteiger partial charge in [0, 0.05) is 22.3 Å². The summed E-state index contributed by atoms with van der Waals surface area (Å²) < 4.78 is 27.4. The zero-order chi connectivity index (χ0) is 12.8. The first-order valence-electron chi connectivity index (χ1n) is 4.80. The van der Waals surface area contributed by atoms with Gasteiger partial charge in [0.15, 0.2) is 0 Å². The van der Waals surface area contributed by atoms with Gasteiger partial charge in [-0.1, -0.05) is 11.6 Å². The second kappa shape index (κ2) is 4.19. The highest BCUT2D eigenvalue weighted by molar-refractivity contribution is 8.13. The summed E-state index contributed by atoms with van der Waals surface area (Å²) in [7, 11) is 2.51. The fourth-order valence-corrected chi connectivity index (χ4v) is 3.55. The number of aromatic amines is 1. The monoisotopic (exact) mass is 297 g/mol. The Morgan fingerprint density at radius 3 is 2.47 bits per heavy atom. The molecule has 0 saturated heterocycles. The Balaban J connectivity index is 2.63. The van der Waals surface area contributed by atoms with E-state index < -0.39 is 15.0 Å². The SMILES string of the molecule is COC(=O)c1[nH]c(C2CC2)c(S(=O)(=O)Cl)c1Cl. The summed E-state index contributed by atoms with van der Waals surface area (Å²) in [6.07, 6.45) is 1.69. The number of nitrogens with one attached hydrogen (secondary N) is 1. The molecule has 0 aliphatic heterocycles. The molecule has 1 N–H and O–H groups in total. The van der Waals surface area contributed by atoms with E-state index in [4.69, 9.17) is 22.3 Å². The summed E-state index contributed by atoms with van der Waals surface area (Å²) in [6.45, 7) is 0. The summed E-state index contributed by atoms with van der Waals surface area (Å²) >= 11 is 5.86.